The first-order valence-electron chi connectivity index (χ1n) is 5.71. The summed E-state index contributed by atoms with van der Waals surface area (Å²) >= 11 is 6.09. The molecule has 0 aromatic heterocycles. The molecule has 0 heterocycles. The maximum atomic E-state index is 10.8. The first-order valence-corrected chi connectivity index (χ1v) is 6.09. The van der Waals surface area contributed by atoms with Crippen molar-refractivity contribution in [1.29, 1.82) is 0 Å². The Morgan fingerprint density at radius 2 is 2.12 bits per heavy atom. The van der Waals surface area contributed by atoms with E-state index in [0.29, 0.717) is 11.1 Å². The Morgan fingerprint density at radius 3 is 2.53 bits per heavy atom. The normalized spacial score (nSPS) is 11.2. The second kappa shape index (κ2) is 6.03. The number of hydrogen-bond donors (Lipinski definition) is 1. The molecule has 0 aliphatic rings. The van der Waals surface area contributed by atoms with Crippen LogP contribution in [0.15, 0.2) is 18.2 Å². The summed E-state index contributed by atoms with van der Waals surface area (Å²) < 4.78 is 0. The molecule has 0 saturated carbocycles. The van der Waals surface area contributed by atoms with E-state index < -0.39 is 5.97 Å². The number of rotatable bonds is 5. The number of benzene rings is 1. The molecule has 0 atom stereocenters. The summed E-state index contributed by atoms with van der Waals surface area (Å²) in [6.07, 6.45) is 0. The third-order valence-electron chi connectivity index (χ3n) is 2.81. The first-order chi connectivity index (χ1) is 7.95. The fraction of sp³-hybridized carbons (Fsp3) is 0.462. The summed E-state index contributed by atoms with van der Waals surface area (Å²) in [4.78, 5) is 13.0. The van der Waals surface area contributed by atoms with Crippen LogP contribution in [0.2, 0.25) is 5.02 Å². The summed E-state index contributed by atoms with van der Waals surface area (Å²) in [5, 5.41) is 9.36. The number of nitrogens with zero attached hydrogens (tertiary/aromatic N) is 1. The van der Waals surface area contributed by atoms with Gasteiger partial charge >= 0.3 is 5.97 Å². The van der Waals surface area contributed by atoms with Crippen LogP contribution in [0.1, 0.15) is 36.7 Å². The van der Waals surface area contributed by atoms with Crippen molar-refractivity contribution >= 4 is 17.6 Å². The fourth-order valence-corrected chi connectivity index (χ4v) is 1.93. The summed E-state index contributed by atoms with van der Waals surface area (Å²) in [5.41, 5.74) is 1.19. The molecule has 0 amide bonds. The zero-order chi connectivity index (χ0) is 13.0. The molecule has 1 N–H and O–H groups in total. The zero-order valence-electron chi connectivity index (χ0n) is 10.4. The van der Waals surface area contributed by atoms with E-state index in [1.807, 2.05) is 0 Å². The van der Waals surface area contributed by atoms with Crippen LogP contribution in [0.4, 0.5) is 0 Å². The Kier molecular flexibility index (Phi) is 4.97. The molecule has 1 aromatic rings. The van der Waals surface area contributed by atoms with E-state index in [9.17, 15) is 4.79 Å². The Bertz CT molecular complexity index is 404. The van der Waals surface area contributed by atoms with Gasteiger partial charge in [-0.15, -0.1) is 0 Å². The molecule has 0 aliphatic heterocycles. The third-order valence-corrected chi connectivity index (χ3v) is 3.16. The monoisotopic (exact) mass is 255 g/mol. The van der Waals surface area contributed by atoms with Gasteiger partial charge in [-0.05, 0) is 38.1 Å². The van der Waals surface area contributed by atoms with Gasteiger partial charge in [0.2, 0.25) is 0 Å². The van der Waals surface area contributed by atoms with Crippen LogP contribution in [-0.2, 0) is 6.54 Å². The Morgan fingerprint density at radius 1 is 1.47 bits per heavy atom. The largest absolute Gasteiger partial charge is 0.478 e. The van der Waals surface area contributed by atoms with E-state index in [0.717, 1.165) is 18.7 Å². The summed E-state index contributed by atoms with van der Waals surface area (Å²) in [5.74, 6) is -0.949. The van der Waals surface area contributed by atoms with Crippen LogP contribution in [0.3, 0.4) is 0 Å². The fourth-order valence-electron chi connectivity index (χ4n) is 1.69. The van der Waals surface area contributed by atoms with E-state index >= 15 is 0 Å². The summed E-state index contributed by atoms with van der Waals surface area (Å²) in [6, 6.07) is 5.33. The molecule has 4 heteroatoms. The number of hydrogen-bond acceptors (Lipinski definition) is 2. The zero-order valence-corrected chi connectivity index (χ0v) is 11.2. The lowest BCUT2D eigenvalue weighted by atomic mass is 10.1. The molecule has 1 aromatic carbocycles. The average molecular weight is 256 g/mol. The van der Waals surface area contributed by atoms with Gasteiger partial charge in [-0.25, -0.2) is 4.79 Å². The highest BCUT2D eigenvalue weighted by Gasteiger charge is 2.12. The Labute approximate surface area is 107 Å². The van der Waals surface area contributed by atoms with Gasteiger partial charge in [-0.3, -0.25) is 4.90 Å². The predicted molar refractivity (Wildman–Crippen MR) is 69.6 cm³/mol. The van der Waals surface area contributed by atoms with E-state index in [2.05, 4.69) is 25.7 Å². The minimum Gasteiger partial charge on any atom is -0.478 e. The van der Waals surface area contributed by atoms with Crippen LogP contribution in [0, 0.1) is 0 Å². The molecule has 3 nitrogen and oxygen atoms in total. The van der Waals surface area contributed by atoms with Crippen LogP contribution in [0.5, 0.6) is 0 Å². The second-order valence-electron chi connectivity index (χ2n) is 4.27. The molecular formula is C13H18ClNO2. The van der Waals surface area contributed by atoms with E-state index in [-0.39, 0.29) is 5.56 Å². The number of carbonyl (C=O) groups is 1. The maximum absolute atomic E-state index is 10.8. The number of carboxylic acid groups (broad SMARTS) is 1. The lowest BCUT2D eigenvalue weighted by Crippen LogP contribution is -2.30. The smallest absolute Gasteiger partial charge is 0.335 e. The molecule has 0 spiro atoms. The Hall–Kier alpha value is -1.06. The maximum Gasteiger partial charge on any atom is 0.335 e. The quantitative estimate of drug-likeness (QED) is 0.878. The van der Waals surface area contributed by atoms with Crippen molar-refractivity contribution < 1.29 is 9.90 Å². The molecule has 0 radical (unpaired) electrons. The molecule has 0 bridgehead atoms. The van der Waals surface area contributed by atoms with Gasteiger partial charge in [-0.2, -0.15) is 0 Å². The molecule has 0 unspecified atom stereocenters. The van der Waals surface area contributed by atoms with Gasteiger partial charge in [0.25, 0.3) is 0 Å². The third kappa shape index (κ3) is 3.72. The van der Waals surface area contributed by atoms with Gasteiger partial charge in [0, 0.05) is 17.6 Å². The predicted octanol–water partition coefficient (Wildman–Crippen LogP) is 3.27. The molecule has 1 rings (SSSR count). The van der Waals surface area contributed by atoms with Crippen molar-refractivity contribution in [3.05, 3.63) is 34.3 Å². The van der Waals surface area contributed by atoms with E-state index in [1.165, 1.54) is 6.07 Å². The Balaban J connectivity index is 2.89. The SMILES string of the molecule is CCN(Cc1ccc(C(=O)O)cc1Cl)C(C)C. The summed E-state index contributed by atoms with van der Waals surface area (Å²) in [6.45, 7) is 8.03. The lowest BCUT2D eigenvalue weighted by molar-refractivity contribution is 0.0697. The molecule has 0 fully saturated rings. The number of halogens is 1. The highest BCUT2D eigenvalue weighted by molar-refractivity contribution is 6.31. The van der Waals surface area contributed by atoms with Gasteiger partial charge in [-0.1, -0.05) is 24.6 Å². The highest BCUT2D eigenvalue weighted by Crippen LogP contribution is 2.20. The van der Waals surface area contributed by atoms with Crippen molar-refractivity contribution in [2.24, 2.45) is 0 Å². The molecule has 17 heavy (non-hydrogen) atoms. The van der Waals surface area contributed by atoms with Crippen molar-refractivity contribution in [1.82, 2.24) is 4.90 Å². The van der Waals surface area contributed by atoms with E-state index in [1.54, 1.807) is 12.1 Å². The minimum atomic E-state index is -0.949. The second-order valence-corrected chi connectivity index (χ2v) is 4.68. The number of carboxylic acids is 1. The van der Waals surface area contributed by atoms with E-state index in [4.69, 9.17) is 16.7 Å². The topological polar surface area (TPSA) is 40.5 Å². The van der Waals surface area contributed by atoms with Crippen molar-refractivity contribution in [3.63, 3.8) is 0 Å². The molecule has 0 aliphatic carbocycles. The molecular weight excluding hydrogens is 238 g/mol. The lowest BCUT2D eigenvalue weighted by Gasteiger charge is -2.25. The first kappa shape index (κ1) is 14.0. The average Bonchev–Trinajstić information content (AvgIpc) is 2.26. The highest BCUT2D eigenvalue weighted by atomic mass is 35.5. The van der Waals surface area contributed by atoms with Crippen LogP contribution in [-0.4, -0.2) is 28.6 Å². The van der Waals surface area contributed by atoms with Crippen LogP contribution in [0.25, 0.3) is 0 Å². The van der Waals surface area contributed by atoms with Crippen molar-refractivity contribution in [2.45, 2.75) is 33.4 Å². The van der Waals surface area contributed by atoms with Crippen LogP contribution >= 0.6 is 11.6 Å². The number of aromatic carboxylic acids is 1. The van der Waals surface area contributed by atoms with Gasteiger partial charge < -0.3 is 5.11 Å². The van der Waals surface area contributed by atoms with Gasteiger partial charge in [0.15, 0.2) is 0 Å². The van der Waals surface area contributed by atoms with Crippen molar-refractivity contribution in [3.8, 4) is 0 Å². The molecule has 94 valence electrons. The van der Waals surface area contributed by atoms with Gasteiger partial charge in [0.1, 0.15) is 0 Å². The van der Waals surface area contributed by atoms with Crippen LogP contribution < -0.4 is 0 Å². The minimum absolute atomic E-state index is 0.228. The standard InChI is InChI=1S/C13H18ClNO2/c1-4-15(9(2)3)8-11-6-5-10(13(16)17)7-12(11)14/h5-7,9H,4,8H2,1-3H3,(H,16,17). The van der Waals surface area contributed by atoms with Crippen molar-refractivity contribution in [2.75, 3.05) is 6.54 Å². The van der Waals surface area contributed by atoms with Gasteiger partial charge in [0.05, 0.1) is 5.56 Å². The molecule has 0 saturated heterocycles. The summed E-state index contributed by atoms with van der Waals surface area (Å²) in [7, 11) is 0.